The van der Waals surface area contributed by atoms with Crippen LogP contribution in [0.3, 0.4) is 0 Å². The van der Waals surface area contributed by atoms with Crippen molar-refractivity contribution in [2.75, 3.05) is 11.4 Å². The fourth-order valence-electron chi connectivity index (χ4n) is 2.19. The predicted molar refractivity (Wildman–Crippen MR) is 76.7 cm³/mol. The third kappa shape index (κ3) is 3.22. The van der Waals surface area contributed by atoms with E-state index in [2.05, 4.69) is 42.8 Å². The Kier molecular flexibility index (Phi) is 4.23. The lowest BCUT2D eigenvalue weighted by atomic mass is 10.1. The van der Waals surface area contributed by atoms with Gasteiger partial charge < -0.3 is 10.6 Å². The van der Waals surface area contributed by atoms with Crippen molar-refractivity contribution in [3.05, 3.63) is 24.0 Å². The van der Waals surface area contributed by atoms with Crippen molar-refractivity contribution in [1.29, 1.82) is 0 Å². The standard InChI is InChI=1S/C15H25N3/c1-4-14(16)15-8-7-13(9-17-15)18(11(2)3)10-12-5-6-12/h7-9,11-12,14H,4-6,10,16H2,1-3H3/t14-/m1/s1. The van der Waals surface area contributed by atoms with Crippen molar-refractivity contribution in [3.8, 4) is 0 Å². The van der Waals surface area contributed by atoms with Gasteiger partial charge in [-0.15, -0.1) is 0 Å². The molecule has 0 radical (unpaired) electrons. The van der Waals surface area contributed by atoms with Gasteiger partial charge in [0.1, 0.15) is 0 Å². The molecule has 1 fully saturated rings. The molecule has 1 heterocycles. The lowest BCUT2D eigenvalue weighted by Gasteiger charge is -2.29. The van der Waals surface area contributed by atoms with Gasteiger partial charge >= 0.3 is 0 Å². The topological polar surface area (TPSA) is 42.1 Å². The summed E-state index contributed by atoms with van der Waals surface area (Å²) in [6.07, 6.45) is 5.68. The molecule has 0 aliphatic heterocycles. The predicted octanol–water partition coefficient (Wildman–Crippen LogP) is 3.12. The summed E-state index contributed by atoms with van der Waals surface area (Å²) in [6.45, 7) is 7.74. The molecule has 0 spiro atoms. The zero-order valence-electron chi connectivity index (χ0n) is 11.8. The van der Waals surface area contributed by atoms with Crippen LogP contribution in [0.5, 0.6) is 0 Å². The highest BCUT2D eigenvalue weighted by molar-refractivity contribution is 5.46. The van der Waals surface area contributed by atoms with E-state index in [1.54, 1.807) is 0 Å². The maximum absolute atomic E-state index is 5.99. The number of nitrogens with two attached hydrogens (primary N) is 1. The number of hydrogen-bond donors (Lipinski definition) is 1. The van der Waals surface area contributed by atoms with E-state index in [1.807, 2.05) is 6.20 Å². The highest BCUT2D eigenvalue weighted by atomic mass is 15.2. The molecule has 1 saturated carbocycles. The SMILES string of the molecule is CC[C@@H](N)c1ccc(N(CC2CC2)C(C)C)cn1. The van der Waals surface area contributed by atoms with Gasteiger partial charge in [0.05, 0.1) is 17.6 Å². The smallest absolute Gasteiger partial charge is 0.0572 e. The first-order chi connectivity index (χ1) is 8.61. The van der Waals surface area contributed by atoms with Gasteiger partial charge in [0.25, 0.3) is 0 Å². The van der Waals surface area contributed by atoms with E-state index in [0.717, 1.165) is 18.0 Å². The Hall–Kier alpha value is -1.09. The maximum atomic E-state index is 5.99. The van der Waals surface area contributed by atoms with Crippen LogP contribution in [0.1, 0.15) is 51.8 Å². The molecule has 0 saturated heterocycles. The van der Waals surface area contributed by atoms with Crippen LogP contribution in [0.2, 0.25) is 0 Å². The Morgan fingerprint density at radius 2 is 2.11 bits per heavy atom. The first-order valence-corrected chi connectivity index (χ1v) is 7.10. The molecule has 1 aliphatic carbocycles. The van der Waals surface area contributed by atoms with Crippen LogP contribution in [0.25, 0.3) is 0 Å². The summed E-state index contributed by atoms with van der Waals surface area (Å²) in [6, 6.07) is 4.83. The molecule has 0 amide bonds. The van der Waals surface area contributed by atoms with Crippen molar-refractivity contribution in [2.45, 2.75) is 52.1 Å². The summed E-state index contributed by atoms with van der Waals surface area (Å²) in [5.41, 5.74) is 8.22. The van der Waals surface area contributed by atoms with Gasteiger partial charge in [-0.1, -0.05) is 6.92 Å². The largest absolute Gasteiger partial charge is 0.368 e. The average molecular weight is 247 g/mol. The molecule has 1 aromatic heterocycles. The molecule has 0 unspecified atom stereocenters. The summed E-state index contributed by atoms with van der Waals surface area (Å²) in [7, 11) is 0. The number of rotatable bonds is 6. The van der Waals surface area contributed by atoms with E-state index < -0.39 is 0 Å². The molecule has 0 bridgehead atoms. The summed E-state index contributed by atoms with van der Waals surface area (Å²) in [5, 5.41) is 0. The normalized spacial score (nSPS) is 16.9. The van der Waals surface area contributed by atoms with Gasteiger partial charge in [-0.3, -0.25) is 4.98 Å². The van der Waals surface area contributed by atoms with Gasteiger partial charge in [0, 0.05) is 18.6 Å². The van der Waals surface area contributed by atoms with Crippen LogP contribution in [0.4, 0.5) is 5.69 Å². The molecule has 1 atom stereocenters. The summed E-state index contributed by atoms with van der Waals surface area (Å²) in [5.74, 6) is 0.893. The van der Waals surface area contributed by atoms with E-state index in [-0.39, 0.29) is 6.04 Å². The van der Waals surface area contributed by atoms with E-state index in [0.29, 0.717) is 6.04 Å². The number of anilines is 1. The van der Waals surface area contributed by atoms with E-state index in [9.17, 15) is 0 Å². The van der Waals surface area contributed by atoms with Crippen molar-refractivity contribution in [2.24, 2.45) is 11.7 Å². The Labute approximate surface area is 110 Å². The molecule has 18 heavy (non-hydrogen) atoms. The molecule has 1 aliphatic rings. The van der Waals surface area contributed by atoms with Gasteiger partial charge in [-0.05, 0) is 51.2 Å². The highest BCUT2D eigenvalue weighted by Crippen LogP contribution is 2.32. The van der Waals surface area contributed by atoms with Gasteiger partial charge in [-0.25, -0.2) is 0 Å². The summed E-state index contributed by atoms with van der Waals surface area (Å²) >= 11 is 0. The Morgan fingerprint density at radius 1 is 1.39 bits per heavy atom. The van der Waals surface area contributed by atoms with Crippen LogP contribution < -0.4 is 10.6 Å². The zero-order chi connectivity index (χ0) is 13.1. The molecular weight excluding hydrogens is 222 g/mol. The molecule has 100 valence electrons. The van der Waals surface area contributed by atoms with Crippen LogP contribution in [-0.2, 0) is 0 Å². The Morgan fingerprint density at radius 3 is 2.56 bits per heavy atom. The average Bonchev–Trinajstić information content (AvgIpc) is 3.19. The molecule has 3 heteroatoms. The Bertz CT molecular complexity index is 368. The van der Waals surface area contributed by atoms with E-state index in [1.165, 1.54) is 25.1 Å². The maximum Gasteiger partial charge on any atom is 0.0572 e. The minimum absolute atomic E-state index is 0.0648. The first kappa shape index (κ1) is 13.3. The molecule has 0 aromatic carbocycles. The van der Waals surface area contributed by atoms with Crippen molar-refractivity contribution < 1.29 is 0 Å². The second-order valence-electron chi connectivity index (χ2n) is 5.65. The fraction of sp³-hybridized carbons (Fsp3) is 0.667. The third-order valence-corrected chi connectivity index (χ3v) is 3.70. The quantitative estimate of drug-likeness (QED) is 0.840. The van der Waals surface area contributed by atoms with Crippen molar-refractivity contribution in [1.82, 2.24) is 4.98 Å². The highest BCUT2D eigenvalue weighted by Gasteiger charge is 2.25. The van der Waals surface area contributed by atoms with Crippen molar-refractivity contribution >= 4 is 5.69 Å². The monoisotopic (exact) mass is 247 g/mol. The lowest BCUT2D eigenvalue weighted by Crippen LogP contribution is -2.32. The molecular formula is C15H25N3. The van der Waals surface area contributed by atoms with Gasteiger partial charge in [0.2, 0.25) is 0 Å². The van der Waals surface area contributed by atoms with Crippen LogP contribution >= 0.6 is 0 Å². The molecule has 2 rings (SSSR count). The molecule has 3 nitrogen and oxygen atoms in total. The van der Waals surface area contributed by atoms with E-state index in [4.69, 9.17) is 5.73 Å². The van der Waals surface area contributed by atoms with Crippen LogP contribution in [0, 0.1) is 5.92 Å². The Balaban J connectivity index is 2.09. The second kappa shape index (κ2) is 5.70. The van der Waals surface area contributed by atoms with Gasteiger partial charge in [0.15, 0.2) is 0 Å². The van der Waals surface area contributed by atoms with E-state index >= 15 is 0 Å². The summed E-state index contributed by atoms with van der Waals surface area (Å²) < 4.78 is 0. The first-order valence-electron chi connectivity index (χ1n) is 7.10. The summed E-state index contributed by atoms with van der Waals surface area (Å²) in [4.78, 5) is 6.96. The third-order valence-electron chi connectivity index (χ3n) is 3.70. The zero-order valence-corrected chi connectivity index (χ0v) is 11.8. The van der Waals surface area contributed by atoms with Crippen LogP contribution in [0.15, 0.2) is 18.3 Å². The minimum atomic E-state index is 0.0648. The fourth-order valence-corrected chi connectivity index (χ4v) is 2.19. The lowest BCUT2D eigenvalue weighted by molar-refractivity contribution is 0.640. The van der Waals surface area contributed by atoms with Crippen LogP contribution in [-0.4, -0.2) is 17.6 Å². The molecule has 1 aromatic rings. The molecule has 2 N–H and O–H groups in total. The number of aromatic nitrogens is 1. The van der Waals surface area contributed by atoms with Gasteiger partial charge in [-0.2, -0.15) is 0 Å². The number of pyridine rings is 1. The number of nitrogens with zero attached hydrogens (tertiary/aromatic N) is 2. The number of hydrogen-bond acceptors (Lipinski definition) is 3. The van der Waals surface area contributed by atoms with Crippen molar-refractivity contribution in [3.63, 3.8) is 0 Å². The minimum Gasteiger partial charge on any atom is -0.368 e. The second-order valence-corrected chi connectivity index (χ2v) is 5.65.